The summed E-state index contributed by atoms with van der Waals surface area (Å²) in [7, 11) is 0. The van der Waals surface area contributed by atoms with Crippen molar-refractivity contribution in [2.24, 2.45) is 0 Å². The monoisotopic (exact) mass is 236 g/mol. The van der Waals surface area contributed by atoms with Gasteiger partial charge in [0.25, 0.3) is 0 Å². The van der Waals surface area contributed by atoms with Crippen LogP contribution in [0.1, 0.15) is 5.69 Å². The standard InChI is InChI=1S/C15H12N2O/c1-2-8-16-13(5-1)11-18-14-6-7-15-12(10-14)4-3-9-17-15/h1-10H,11H2. The maximum absolute atomic E-state index is 5.71. The van der Waals surface area contributed by atoms with E-state index in [9.17, 15) is 0 Å². The first-order chi connectivity index (χ1) is 8.92. The van der Waals surface area contributed by atoms with Gasteiger partial charge in [-0.1, -0.05) is 12.1 Å². The van der Waals surface area contributed by atoms with Gasteiger partial charge in [0.1, 0.15) is 12.4 Å². The van der Waals surface area contributed by atoms with Crippen molar-refractivity contribution in [1.29, 1.82) is 0 Å². The summed E-state index contributed by atoms with van der Waals surface area (Å²) >= 11 is 0. The summed E-state index contributed by atoms with van der Waals surface area (Å²) in [5, 5.41) is 1.08. The largest absolute Gasteiger partial charge is 0.487 e. The lowest BCUT2D eigenvalue weighted by molar-refractivity contribution is 0.302. The highest BCUT2D eigenvalue weighted by Gasteiger charge is 1.99. The van der Waals surface area contributed by atoms with Crippen LogP contribution in [0, 0.1) is 0 Å². The normalized spacial score (nSPS) is 10.4. The van der Waals surface area contributed by atoms with E-state index in [1.807, 2.05) is 48.5 Å². The van der Waals surface area contributed by atoms with Crippen LogP contribution in [0.15, 0.2) is 60.9 Å². The van der Waals surface area contributed by atoms with Crippen LogP contribution in [0.2, 0.25) is 0 Å². The Morgan fingerprint density at radius 3 is 2.72 bits per heavy atom. The molecule has 0 aliphatic heterocycles. The molecule has 2 aromatic heterocycles. The van der Waals surface area contributed by atoms with Crippen molar-refractivity contribution >= 4 is 10.9 Å². The van der Waals surface area contributed by atoms with Crippen LogP contribution in [-0.2, 0) is 6.61 Å². The molecule has 0 aliphatic rings. The number of hydrogen-bond acceptors (Lipinski definition) is 3. The van der Waals surface area contributed by atoms with E-state index < -0.39 is 0 Å². The summed E-state index contributed by atoms with van der Waals surface area (Å²) in [5.74, 6) is 0.834. The zero-order valence-corrected chi connectivity index (χ0v) is 9.78. The van der Waals surface area contributed by atoms with E-state index >= 15 is 0 Å². The summed E-state index contributed by atoms with van der Waals surface area (Å²) in [6.07, 6.45) is 3.56. The van der Waals surface area contributed by atoms with Crippen LogP contribution >= 0.6 is 0 Å². The van der Waals surface area contributed by atoms with Crippen LogP contribution in [0.5, 0.6) is 5.75 Å². The average molecular weight is 236 g/mol. The van der Waals surface area contributed by atoms with Gasteiger partial charge in [0, 0.05) is 17.8 Å². The maximum atomic E-state index is 5.71. The maximum Gasteiger partial charge on any atom is 0.130 e. The van der Waals surface area contributed by atoms with Gasteiger partial charge in [0.05, 0.1) is 11.2 Å². The Kier molecular flexibility index (Phi) is 2.88. The molecule has 0 spiro atoms. The zero-order valence-electron chi connectivity index (χ0n) is 9.78. The average Bonchev–Trinajstić information content (AvgIpc) is 2.46. The second-order valence-electron chi connectivity index (χ2n) is 3.97. The van der Waals surface area contributed by atoms with E-state index in [0.29, 0.717) is 6.61 Å². The van der Waals surface area contributed by atoms with Crippen LogP contribution in [0.3, 0.4) is 0 Å². The number of fused-ring (bicyclic) bond motifs is 1. The molecule has 88 valence electrons. The predicted molar refractivity (Wildman–Crippen MR) is 70.3 cm³/mol. The molecule has 3 rings (SSSR count). The zero-order chi connectivity index (χ0) is 12.2. The summed E-state index contributed by atoms with van der Waals surface area (Å²) in [6.45, 7) is 0.479. The topological polar surface area (TPSA) is 35.0 Å². The molecule has 3 heteroatoms. The Bertz CT molecular complexity index is 653. The first kappa shape index (κ1) is 10.7. The molecule has 1 aromatic carbocycles. The minimum Gasteiger partial charge on any atom is -0.487 e. The SMILES string of the molecule is c1ccc(COc2ccc3ncccc3c2)nc1. The van der Waals surface area contributed by atoms with Crippen molar-refractivity contribution in [1.82, 2.24) is 9.97 Å². The second-order valence-corrected chi connectivity index (χ2v) is 3.97. The van der Waals surface area contributed by atoms with E-state index in [4.69, 9.17) is 4.74 Å². The van der Waals surface area contributed by atoms with Gasteiger partial charge in [-0.15, -0.1) is 0 Å². The van der Waals surface area contributed by atoms with Gasteiger partial charge in [0.15, 0.2) is 0 Å². The van der Waals surface area contributed by atoms with Gasteiger partial charge in [-0.2, -0.15) is 0 Å². The Balaban J connectivity index is 1.79. The van der Waals surface area contributed by atoms with Crippen molar-refractivity contribution in [2.75, 3.05) is 0 Å². The predicted octanol–water partition coefficient (Wildman–Crippen LogP) is 3.21. The molecule has 0 bridgehead atoms. The molecule has 3 aromatic rings. The van der Waals surface area contributed by atoms with Crippen molar-refractivity contribution in [3.05, 3.63) is 66.6 Å². The third-order valence-corrected chi connectivity index (χ3v) is 2.69. The molecule has 0 amide bonds. The Hall–Kier alpha value is -2.42. The molecule has 0 atom stereocenters. The number of hydrogen-bond donors (Lipinski definition) is 0. The summed E-state index contributed by atoms with van der Waals surface area (Å²) in [4.78, 5) is 8.49. The van der Waals surface area contributed by atoms with Crippen molar-refractivity contribution in [3.63, 3.8) is 0 Å². The van der Waals surface area contributed by atoms with E-state index in [1.165, 1.54) is 0 Å². The van der Waals surface area contributed by atoms with E-state index in [0.717, 1.165) is 22.3 Å². The molecule has 3 nitrogen and oxygen atoms in total. The minimum atomic E-state index is 0.479. The lowest BCUT2D eigenvalue weighted by Gasteiger charge is -2.06. The number of ether oxygens (including phenoxy) is 1. The number of nitrogens with zero attached hydrogens (tertiary/aromatic N) is 2. The molecule has 0 fully saturated rings. The first-order valence-corrected chi connectivity index (χ1v) is 5.79. The quantitative estimate of drug-likeness (QED) is 0.700. The highest BCUT2D eigenvalue weighted by molar-refractivity contribution is 5.79. The van der Waals surface area contributed by atoms with Gasteiger partial charge in [-0.3, -0.25) is 9.97 Å². The number of pyridine rings is 2. The van der Waals surface area contributed by atoms with Crippen LogP contribution in [0.4, 0.5) is 0 Å². The summed E-state index contributed by atoms with van der Waals surface area (Å²) in [6, 6.07) is 15.6. The smallest absolute Gasteiger partial charge is 0.130 e. The third kappa shape index (κ3) is 2.30. The molecule has 0 aliphatic carbocycles. The minimum absolute atomic E-state index is 0.479. The summed E-state index contributed by atoms with van der Waals surface area (Å²) < 4.78 is 5.71. The lowest BCUT2D eigenvalue weighted by atomic mass is 10.2. The van der Waals surface area contributed by atoms with Crippen LogP contribution in [0.25, 0.3) is 10.9 Å². The molecule has 18 heavy (non-hydrogen) atoms. The fourth-order valence-corrected chi connectivity index (χ4v) is 1.78. The highest BCUT2D eigenvalue weighted by atomic mass is 16.5. The lowest BCUT2D eigenvalue weighted by Crippen LogP contribution is -1.97. The van der Waals surface area contributed by atoms with Crippen molar-refractivity contribution in [3.8, 4) is 5.75 Å². The number of benzene rings is 1. The molecule has 0 N–H and O–H groups in total. The molecular formula is C15H12N2O. The van der Waals surface area contributed by atoms with E-state index in [1.54, 1.807) is 12.4 Å². The molecular weight excluding hydrogens is 224 g/mol. The van der Waals surface area contributed by atoms with Crippen LogP contribution in [-0.4, -0.2) is 9.97 Å². The fraction of sp³-hybridized carbons (Fsp3) is 0.0667. The van der Waals surface area contributed by atoms with Gasteiger partial charge in [-0.25, -0.2) is 0 Å². The Labute approximate surface area is 105 Å². The number of aromatic nitrogens is 2. The molecule has 0 saturated carbocycles. The van der Waals surface area contributed by atoms with Gasteiger partial charge in [0.2, 0.25) is 0 Å². The third-order valence-electron chi connectivity index (χ3n) is 2.69. The van der Waals surface area contributed by atoms with E-state index in [2.05, 4.69) is 9.97 Å². The summed E-state index contributed by atoms with van der Waals surface area (Å²) in [5.41, 5.74) is 1.89. The molecule has 0 saturated heterocycles. The first-order valence-electron chi connectivity index (χ1n) is 5.79. The molecule has 0 radical (unpaired) electrons. The fourth-order valence-electron chi connectivity index (χ4n) is 1.78. The highest BCUT2D eigenvalue weighted by Crippen LogP contribution is 2.19. The number of rotatable bonds is 3. The van der Waals surface area contributed by atoms with Crippen molar-refractivity contribution < 1.29 is 4.74 Å². The van der Waals surface area contributed by atoms with Gasteiger partial charge in [-0.05, 0) is 36.4 Å². The van der Waals surface area contributed by atoms with E-state index in [-0.39, 0.29) is 0 Å². The van der Waals surface area contributed by atoms with Gasteiger partial charge >= 0.3 is 0 Å². The molecule has 0 unspecified atom stereocenters. The second kappa shape index (κ2) is 4.84. The Morgan fingerprint density at radius 1 is 0.889 bits per heavy atom. The Morgan fingerprint density at radius 2 is 1.83 bits per heavy atom. The van der Waals surface area contributed by atoms with Crippen LogP contribution < -0.4 is 4.74 Å². The molecule has 2 heterocycles. The van der Waals surface area contributed by atoms with Gasteiger partial charge < -0.3 is 4.74 Å². The van der Waals surface area contributed by atoms with Crippen molar-refractivity contribution in [2.45, 2.75) is 6.61 Å².